The first kappa shape index (κ1) is 11.1. The van der Waals surface area contributed by atoms with Crippen LogP contribution in [0.25, 0.3) is 0 Å². The normalized spacial score (nSPS) is 14.4. The number of amides is 1. The quantitative estimate of drug-likeness (QED) is 0.801. The second-order valence-electron chi connectivity index (χ2n) is 3.14. The zero-order valence-electron chi connectivity index (χ0n) is 8.43. The van der Waals surface area contributed by atoms with Crippen LogP contribution in [0.15, 0.2) is 16.6 Å². The highest BCUT2D eigenvalue weighted by Gasteiger charge is 2.10. The van der Waals surface area contributed by atoms with Gasteiger partial charge in [0.25, 0.3) is 5.91 Å². The zero-order chi connectivity index (χ0) is 10.6. The standard InChI is InChI=1S/C9H15N3OS/c1-3-4-7(10)8(13)11-9-12(2)5-6-14-9/h5-7H,3-4,10H2,1-2H3. The Labute approximate surface area is 87.1 Å². The van der Waals surface area contributed by atoms with E-state index in [0.29, 0.717) is 11.2 Å². The van der Waals surface area contributed by atoms with Crippen molar-refractivity contribution < 1.29 is 4.79 Å². The molecule has 78 valence electrons. The van der Waals surface area contributed by atoms with E-state index in [1.54, 1.807) is 4.57 Å². The first-order valence-electron chi connectivity index (χ1n) is 4.59. The number of aryl methyl sites for hydroxylation is 1. The molecule has 0 saturated carbocycles. The zero-order valence-corrected chi connectivity index (χ0v) is 9.25. The predicted octanol–water partition coefficient (Wildman–Crippen LogP) is 0.641. The van der Waals surface area contributed by atoms with Crippen LogP contribution in [0.4, 0.5) is 0 Å². The Bertz CT molecular complexity index is 366. The van der Waals surface area contributed by atoms with E-state index in [0.717, 1.165) is 6.42 Å². The van der Waals surface area contributed by atoms with Gasteiger partial charge in [0, 0.05) is 18.6 Å². The number of rotatable bonds is 3. The van der Waals surface area contributed by atoms with Gasteiger partial charge in [-0.05, 0) is 6.42 Å². The third kappa shape index (κ3) is 2.78. The smallest absolute Gasteiger partial charge is 0.265 e. The van der Waals surface area contributed by atoms with Crippen molar-refractivity contribution in [2.45, 2.75) is 25.8 Å². The first-order valence-corrected chi connectivity index (χ1v) is 5.47. The summed E-state index contributed by atoms with van der Waals surface area (Å²) in [5.74, 6) is -0.232. The van der Waals surface area contributed by atoms with E-state index in [1.807, 2.05) is 25.5 Å². The molecule has 0 aliphatic carbocycles. The van der Waals surface area contributed by atoms with Crippen LogP contribution in [0.2, 0.25) is 0 Å². The second kappa shape index (κ2) is 5.07. The minimum atomic E-state index is -0.456. The maximum Gasteiger partial charge on any atom is 0.265 e. The molecular weight excluding hydrogens is 198 g/mol. The summed E-state index contributed by atoms with van der Waals surface area (Å²) in [5.41, 5.74) is 5.65. The van der Waals surface area contributed by atoms with Crippen molar-refractivity contribution in [1.82, 2.24) is 4.57 Å². The fraction of sp³-hybridized carbons (Fsp3) is 0.556. The van der Waals surface area contributed by atoms with Crippen LogP contribution in [0.5, 0.6) is 0 Å². The van der Waals surface area contributed by atoms with Gasteiger partial charge < -0.3 is 10.3 Å². The fourth-order valence-corrected chi connectivity index (χ4v) is 1.78. The number of carbonyl (C=O) groups is 1. The molecular formula is C9H15N3OS. The molecule has 0 saturated heterocycles. The molecule has 1 aromatic heterocycles. The Kier molecular flexibility index (Phi) is 4.03. The summed E-state index contributed by atoms with van der Waals surface area (Å²) in [6.07, 6.45) is 3.46. The topological polar surface area (TPSA) is 60.4 Å². The number of nitrogens with zero attached hydrogens (tertiary/aromatic N) is 2. The monoisotopic (exact) mass is 213 g/mol. The molecule has 0 radical (unpaired) electrons. The minimum Gasteiger partial charge on any atom is -0.327 e. The summed E-state index contributed by atoms with van der Waals surface area (Å²) in [4.78, 5) is 16.1. The lowest BCUT2D eigenvalue weighted by Crippen LogP contribution is -2.30. The van der Waals surface area contributed by atoms with Gasteiger partial charge >= 0.3 is 0 Å². The van der Waals surface area contributed by atoms with E-state index >= 15 is 0 Å². The molecule has 1 unspecified atom stereocenters. The molecule has 0 spiro atoms. The van der Waals surface area contributed by atoms with Crippen molar-refractivity contribution in [3.63, 3.8) is 0 Å². The van der Waals surface area contributed by atoms with Crippen molar-refractivity contribution >= 4 is 17.2 Å². The largest absolute Gasteiger partial charge is 0.327 e. The van der Waals surface area contributed by atoms with Crippen molar-refractivity contribution in [3.05, 3.63) is 16.4 Å². The molecule has 2 N–H and O–H groups in total. The van der Waals surface area contributed by atoms with E-state index in [2.05, 4.69) is 4.99 Å². The van der Waals surface area contributed by atoms with Gasteiger partial charge in [0.2, 0.25) is 0 Å². The van der Waals surface area contributed by atoms with Crippen LogP contribution in [0.1, 0.15) is 19.8 Å². The Morgan fingerprint density at radius 1 is 1.79 bits per heavy atom. The van der Waals surface area contributed by atoms with E-state index < -0.39 is 6.04 Å². The average Bonchev–Trinajstić information content (AvgIpc) is 2.52. The van der Waals surface area contributed by atoms with Crippen molar-refractivity contribution in [3.8, 4) is 0 Å². The summed E-state index contributed by atoms with van der Waals surface area (Å²) in [6.45, 7) is 2.00. The number of thiazole rings is 1. The van der Waals surface area contributed by atoms with Gasteiger partial charge in [-0.1, -0.05) is 13.3 Å². The number of nitrogens with two attached hydrogens (primary N) is 1. The van der Waals surface area contributed by atoms with Gasteiger partial charge in [-0.3, -0.25) is 4.79 Å². The molecule has 5 heteroatoms. The SMILES string of the molecule is CCCC(N)C(=O)N=c1sccn1C. The molecule has 1 atom stereocenters. The van der Waals surface area contributed by atoms with E-state index in [1.165, 1.54) is 11.3 Å². The average molecular weight is 213 g/mol. The highest BCUT2D eigenvalue weighted by atomic mass is 32.1. The van der Waals surface area contributed by atoms with Gasteiger partial charge in [0.15, 0.2) is 4.80 Å². The summed E-state index contributed by atoms with van der Waals surface area (Å²) in [5, 5.41) is 1.89. The van der Waals surface area contributed by atoms with Crippen LogP contribution in [0, 0.1) is 0 Å². The molecule has 0 aliphatic rings. The number of hydrogen-bond donors (Lipinski definition) is 1. The van der Waals surface area contributed by atoms with Crippen LogP contribution in [-0.4, -0.2) is 16.5 Å². The lowest BCUT2D eigenvalue weighted by molar-refractivity contribution is -0.119. The molecule has 0 aliphatic heterocycles. The van der Waals surface area contributed by atoms with Crippen LogP contribution < -0.4 is 10.5 Å². The molecule has 1 heterocycles. The second-order valence-corrected chi connectivity index (χ2v) is 4.01. The third-order valence-electron chi connectivity index (χ3n) is 1.88. The highest BCUT2D eigenvalue weighted by molar-refractivity contribution is 7.07. The molecule has 14 heavy (non-hydrogen) atoms. The van der Waals surface area contributed by atoms with E-state index in [9.17, 15) is 4.79 Å². The lowest BCUT2D eigenvalue weighted by Gasteiger charge is -2.03. The van der Waals surface area contributed by atoms with E-state index in [-0.39, 0.29) is 5.91 Å². The fourth-order valence-electron chi connectivity index (χ4n) is 1.05. The summed E-state index contributed by atoms with van der Waals surface area (Å²) in [7, 11) is 1.86. The number of carbonyl (C=O) groups excluding carboxylic acids is 1. The molecule has 0 fully saturated rings. The third-order valence-corrected chi connectivity index (χ3v) is 2.73. The molecule has 0 bridgehead atoms. The Morgan fingerprint density at radius 3 is 3.00 bits per heavy atom. The number of hydrogen-bond acceptors (Lipinski definition) is 3. The highest BCUT2D eigenvalue weighted by Crippen LogP contribution is 1.95. The van der Waals surface area contributed by atoms with Gasteiger partial charge in [-0.2, -0.15) is 4.99 Å². The minimum absolute atomic E-state index is 0.232. The molecule has 1 amide bonds. The van der Waals surface area contributed by atoms with Crippen LogP contribution in [-0.2, 0) is 11.8 Å². The van der Waals surface area contributed by atoms with Crippen molar-refractivity contribution in [2.24, 2.45) is 17.8 Å². The van der Waals surface area contributed by atoms with E-state index in [4.69, 9.17) is 5.73 Å². The van der Waals surface area contributed by atoms with Gasteiger partial charge in [0.1, 0.15) is 0 Å². The lowest BCUT2D eigenvalue weighted by atomic mass is 10.2. The predicted molar refractivity (Wildman–Crippen MR) is 56.7 cm³/mol. The maximum atomic E-state index is 11.5. The Hall–Kier alpha value is -0.940. The van der Waals surface area contributed by atoms with Gasteiger partial charge in [-0.25, -0.2) is 0 Å². The molecule has 1 aromatic rings. The van der Waals surface area contributed by atoms with Crippen molar-refractivity contribution in [2.75, 3.05) is 0 Å². The first-order chi connectivity index (χ1) is 6.65. The number of aromatic nitrogens is 1. The van der Waals surface area contributed by atoms with Gasteiger partial charge in [-0.15, -0.1) is 11.3 Å². The summed E-state index contributed by atoms with van der Waals surface area (Å²) < 4.78 is 1.81. The molecule has 4 nitrogen and oxygen atoms in total. The Balaban J connectivity index is 2.78. The maximum absolute atomic E-state index is 11.5. The van der Waals surface area contributed by atoms with Crippen molar-refractivity contribution in [1.29, 1.82) is 0 Å². The van der Waals surface area contributed by atoms with Crippen LogP contribution in [0.3, 0.4) is 0 Å². The molecule has 1 rings (SSSR count). The van der Waals surface area contributed by atoms with Crippen LogP contribution >= 0.6 is 11.3 Å². The summed E-state index contributed by atoms with van der Waals surface area (Å²) in [6, 6.07) is -0.456. The van der Waals surface area contributed by atoms with Gasteiger partial charge in [0.05, 0.1) is 6.04 Å². The summed E-state index contributed by atoms with van der Waals surface area (Å²) >= 11 is 1.43. The Morgan fingerprint density at radius 2 is 2.50 bits per heavy atom. The molecule has 0 aromatic carbocycles.